The molecule has 6 heteroatoms. The molecule has 0 aliphatic carbocycles. The fraction of sp³-hybridized carbons (Fsp3) is 0.364. The van der Waals surface area contributed by atoms with Gasteiger partial charge < -0.3 is 10.4 Å². The molecule has 0 aliphatic rings. The summed E-state index contributed by atoms with van der Waals surface area (Å²) in [6.07, 6.45) is 3.32. The third-order valence-electron chi connectivity index (χ3n) is 2.05. The van der Waals surface area contributed by atoms with Gasteiger partial charge in [0.1, 0.15) is 0 Å². The van der Waals surface area contributed by atoms with Crippen LogP contribution in [0.5, 0.6) is 0 Å². The number of hydrogen-bond acceptors (Lipinski definition) is 4. The second-order valence-corrected chi connectivity index (χ2v) is 4.56. The van der Waals surface area contributed by atoms with Crippen LogP contribution in [-0.4, -0.2) is 34.3 Å². The zero-order valence-electron chi connectivity index (χ0n) is 9.42. The van der Waals surface area contributed by atoms with Crippen molar-refractivity contribution in [1.29, 1.82) is 0 Å². The Balaban J connectivity index is 2.24. The Kier molecular flexibility index (Phi) is 5.48. The van der Waals surface area contributed by atoms with Crippen LogP contribution in [0, 0.1) is 5.92 Å². The highest BCUT2D eigenvalue weighted by Crippen LogP contribution is 2.15. The average Bonchev–Trinajstić information content (AvgIpc) is 2.34. The van der Waals surface area contributed by atoms with Crippen molar-refractivity contribution < 1.29 is 14.7 Å². The molecule has 0 spiro atoms. The van der Waals surface area contributed by atoms with E-state index >= 15 is 0 Å². The van der Waals surface area contributed by atoms with Crippen molar-refractivity contribution in [1.82, 2.24) is 10.3 Å². The number of rotatable bonds is 6. The van der Waals surface area contributed by atoms with E-state index in [0.29, 0.717) is 0 Å². The van der Waals surface area contributed by atoms with E-state index in [0.717, 1.165) is 4.90 Å². The maximum Gasteiger partial charge on any atom is 0.308 e. The molecule has 1 heterocycles. The first-order chi connectivity index (χ1) is 8.09. The van der Waals surface area contributed by atoms with Gasteiger partial charge in [0, 0.05) is 23.8 Å². The van der Waals surface area contributed by atoms with Gasteiger partial charge in [-0.1, -0.05) is 6.92 Å². The van der Waals surface area contributed by atoms with Gasteiger partial charge in [0.05, 0.1) is 11.7 Å². The highest BCUT2D eigenvalue weighted by atomic mass is 32.2. The molecule has 0 bridgehead atoms. The SMILES string of the molecule is CC(CNC(=O)CSc1ccncc1)C(=O)O. The molecular weight excluding hydrogens is 240 g/mol. The first-order valence-electron chi connectivity index (χ1n) is 5.12. The quantitative estimate of drug-likeness (QED) is 0.741. The third-order valence-corrected chi connectivity index (χ3v) is 3.06. The lowest BCUT2D eigenvalue weighted by atomic mass is 10.2. The number of pyridine rings is 1. The Morgan fingerprint density at radius 3 is 2.71 bits per heavy atom. The van der Waals surface area contributed by atoms with Crippen LogP contribution in [0.25, 0.3) is 0 Å². The summed E-state index contributed by atoms with van der Waals surface area (Å²) in [7, 11) is 0. The summed E-state index contributed by atoms with van der Waals surface area (Å²) in [6.45, 7) is 1.71. The van der Waals surface area contributed by atoms with Gasteiger partial charge >= 0.3 is 5.97 Å². The summed E-state index contributed by atoms with van der Waals surface area (Å²) in [4.78, 5) is 26.8. The summed E-state index contributed by atoms with van der Waals surface area (Å²) in [5, 5.41) is 11.2. The molecule has 0 saturated heterocycles. The van der Waals surface area contributed by atoms with E-state index in [2.05, 4.69) is 10.3 Å². The summed E-state index contributed by atoms with van der Waals surface area (Å²) >= 11 is 1.39. The molecule has 17 heavy (non-hydrogen) atoms. The molecule has 5 nitrogen and oxygen atoms in total. The van der Waals surface area contributed by atoms with E-state index in [1.165, 1.54) is 11.8 Å². The monoisotopic (exact) mass is 254 g/mol. The molecule has 1 amide bonds. The minimum Gasteiger partial charge on any atom is -0.481 e. The third kappa shape index (κ3) is 5.35. The Labute approximate surface area is 104 Å². The first-order valence-corrected chi connectivity index (χ1v) is 6.10. The minimum atomic E-state index is -0.910. The van der Waals surface area contributed by atoms with E-state index in [-0.39, 0.29) is 18.2 Å². The van der Waals surface area contributed by atoms with Crippen LogP contribution in [0.2, 0.25) is 0 Å². The Hall–Kier alpha value is -1.56. The van der Waals surface area contributed by atoms with Gasteiger partial charge in [0.15, 0.2) is 0 Å². The smallest absolute Gasteiger partial charge is 0.308 e. The standard InChI is InChI=1S/C11H14N2O3S/c1-8(11(15)16)6-13-10(14)7-17-9-2-4-12-5-3-9/h2-5,8H,6-7H2,1H3,(H,13,14)(H,15,16). The number of carbonyl (C=O) groups excluding carboxylic acids is 1. The number of hydrogen-bond donors (Lipinski definition) is 2. The van der Waals surface area contributed by atoms with Gasteiger partial charge in [-0.3, -0.25) is 14.6 Å². The molecule has 2 N–H and O–H groups in total. The maximum absolute atomic E-state index is 11.4. The predicted molar refractivity (Wildman–Crippen MR) is 64.8 cm³/mol. The van der Waals surface area contributed by atoms with Crippen LogP contribution >= 0.6 is 11.8 Å². The number of aromatic nitrogens is 1. The molecule has 0 saturated carbocycles. The summed E-state index contributed by atoms with van der Waals surface area (Å²) < 4.78 is 0. The maximum atomic E-state index is 11.4. The molecule has 1 atom stereocenters. The number of carboxylic acid groups (broad SMARTS) is 1. The van der Waals surface area contributed by atoms with E-state index in [1.807, 2.05) is 12.1 Å². The van der Waals surface area contributed by atoms with Crippen molar-refractivity contribution >= 4 is 23.6 Å². The van der Waals surface area contributed by atoms with Gasteiger partial charge in [0.2, 0.25) is 5.91 Å². The van der Waals surface area contributed by atoms with Crippen molar-refractivity contribution in [3.8, 4) is 0 Å². The van der Waals surface area contributed by atoms with Crippen molar-refractivity contribution in [3.63, 3.8) is 0 Å². The van der Waals surface area contributed by atoms with Crippen molar-refractivity contribution in [2.45, 2.75) is 11.8 Å². The topological polar surface area (TPSA) is 79.3 Å². The number of thioether (sulfide) groups is 1. The second kappa shape index (κ2) is 6.90. The summed E-state index contributed by atoms with van der Waals surface area (Å²) in [6, 6.07) is 3.63. The predicted octanol–water partition coefficient (Wildman–Crippen LogP) is 1.01. The summed E-state index contributed by atoms with van der Waals surface area (Å²) in [5.41, 5.74) is 0. The Morgan fingerprint density at radius 2 is 2.12 bits per heavy atom. The number of amides is 1. The zero-order valence-corrected chi connectivity index (χ0v) is 10.2. The van der Waals surface area contributed by atoms with Crippen LogP contribution in [0.1, 0.15) is 6.92 Å². The molecule has 1 aromatic rings. The van der Waals surface area contributed by atoms with Gasteiger partial charge in [-0.2, -0.15) is 0 Å². The fourth-order valence-electron chi connectivity index (χ4n) is 0.989. The zero-order chi connectivity index (χ0) is 12.7. The van der Waals surface area contributed by atoms with Crippen molar-refractivity contribution in [2.24, 2.45) is 5.92 Å². The van der Waals surface area contributed by atoms with Crippen LogP contribution in [0.3, 0.4) is 0 Å². The fourth-order valence-corrected chi connectivity index (χ4v) is 1.70. The van der Waals surface area contributed by atoms with Crippen molar-refractivity contribution in [3.05, 3.63) is 24.5 Å². The van der Waals surface area contributed by atoms with Gasteiger partial charge in [-0.15, -0.1) is 11.8 Å². The van der Waals surface area contributed by atoms with Crippen LogP contribution in [0.4, 0.5) is 0 Å². The number of carboxylic acids is 1. The second-order valence-electron chi connectivity index (χ2n) is 3.51. The first kappa shape index (κ1) is 13.5. The van der Waals surface area contributed by atoms with Gasteiger partial charge in [-0.05, 0) is 12.1 Å². The highest BCUT2D eigenvalue weighted by Gasteiger charge is 2.11. The van der Waals surface area contributed by atoms with Gasteiger partial charge in [-0.25, -0.2) is 0 Å². The van der Waals surface area contributed by atoms with E-state index in [1.54, 1.807) is 19.3 Å². The van der Waals surface area contributed by atoms with Gasteiger partial charge in [0.25, 0.3) is 0 Å². The summed E-state index contributed by atoms with van der Waals surface area (Å²) in [5.74, 6) is -1.37. The van der Waals surface area contributed by atoms with Crippen LogP contribution in [0.15, 0.2) is 29.4 Å². The molecule has 1 aromatic heterocycles. The molecule has 0 aromatic carbocycles. The normalized spacial score (nSPS) is 11.8. The van der Waals surface area contributed by atoms with Crippen LogP contribution < -0.4 is 5.32 Å². The molecular formula is C11H14N2O3S. The Morgan fingerprint density at radius 1 is 1.47 bits per heavy atom. The minimum absolute atomic E-state index is 0.158. The molecule has 0 fully saturated rings. The van der Waals surface area contributed by atoms with Crippen LogP contribution in [-0.2, 0) is 9.59 Å². The number of nitrogens with one attached hydrogen (secondary N) is 1. The van der Waals surface area contributed by atoms with E-state index in [9.17, 15) is 9.59 Å². The number of nitrogens with zero attached hydrogens (tertiary/aromatic N) is 1. The highest BCUT2D eigenvalue weighted by molar-refractivity contribution is 8.00. The molecule has 92 valence electrons. The number of carbonyl (C=O) groups is 2. The molecule has 1 rings (SSSR count). The molecule has 0 radical (unpaired) electrons. The average molecular weight is 254 g/mol. The van der Waals surface area contributed by atoms with E-state index in [4.69, 9.17) is 5.11 Å². The van der Waals surface area contributed by atoms with E-state index < -0.39 is 11.9 Å². The lowest BCUT2D eigenvalue weighted by molar-refractivity contribution is -0.141. The molecule has 0 aliphatic heterocycles. The lowest BCUT2D eigenvalue weighted by Crippen LogP contribution is -2.32. The van der Waals surface area contributed by atoms with Crippen molar-refractivity contribution in [2.75, 3.05) is 12.3 Å². The Bertz CT molecular complexity index is 384. The molecule has 1 unspecified atom stereocenters. The largest absolute Gasteiger partial charge is 0.481 e. The lowest BCUT2D eigenvalue weighted by Gasteiger charge is -2.08. The number of aliphatic carboxylic acids is 1.